The number of carbonyl (C=O) groups excluding carboxylic acids is 2. The van der Waals surface area contributed by atoms with E-state index in [9.17, 15) is 9.59 Å². The summed E-state index contributed by atoms with van der Waals surface area (Å²) in [5.74, 6) is -1.44. The largest absolute Gasteiger partial charge is 0.435 e. The molecule has 5 nitrogen and oxygen atoms in total. The Bertz CT molecular complexity index is 329. The number of esters is 1. The van der Waals surface area contributed by atoms with Crippen LogP contribution in [0.25, 0.3) is 0 Å². The smallest absolute Gasteiger partial charge is 0.398 e. The van der Waals surface area contributed by atoms with Gasteiger partial charge in [0.2, 0.25) is 0 Å². The molecule has 0 aromatic carbocycles. The summed E-state index contributed by atoms with van der Waals surface area (Å²) >= 11 is 0. The van der Waals surface area contributed by atoms with Crippen LogP contribution in [0.4, 0.5) is 0 Å². The summed E-state index contributed by atoms with van der Waals surface area (Å²) in [4.78, 5) is 24.5. The summed E-state index contributed by atoms with van der Waals surface area (Å²) in [6, 6.07) is 3.84. The molecule has 1 amide bonds. The quantitative estimate of drug-likeness (QED) is 0.523. The van der Waals surface area contributed by atoms with Gasteiger partial charge < -0.3 is 15.0 Å². The summed E-state index contributed by atoms with van der Waals surface area (Å²) in [5.41, 5.74) is 1.06. The third kappa shape index (κ3) is 1.76. The standard InChI is InChI=1S/C9H10N2O3/c12-8-9(13)14-7(11-8)4-3-6-2-1-5-10-6/h1-2,5,7,10H,3-4H2,(H,11,12). The molecule has 14 heavy (non-hydrogen) atoms. The molecule has 0 bridgehead atoms. The zero-order valence-electron chi connectivity index (χ0n) is 7.45. The van der Waals surface area contributed by atoms with E-state index < -0.39 is 18.1 Å². The first kappa shape index (κ1) is 8.80. The predicted octanol–water partition coefficient (Wildman–Crippen LogP) is -0.0536. The third-order valence-electron chi connectivity index (χ3n) is 2.07. The number of aromatic amines is 1. The van der Waals surface area contributed by atoms with Gasteiger partial charge in [0, 0.05) is 18.3 Å². The molecule has 1 aliphatic rings. The lowest BCUT2D eigenvalue weighted by Crippen LogP contribution is -2.27. The number of amides is 1. The first-order chi connectivity index (χ1) is 6.75. The lowest BCUT2D eigenvalue weighted by Gasteiger charge is -2.06. The maximum absolute atomic E-state index is 10.8. The fourth-order valence-electron chi connectivity index (χ4n) is 1.36. The molecule has 0 radical (unpaired) electrons. The van der Waals surface area contributed by atoms with Crippen molar-refractivity contribution in [1.29, 1.82) is 0 Å². The Morgan fingerprint density at radius 3 is 2.86 bits per heavy atom. The van der Waals surface area contributed by atoms with Gasteiger partial charge in [-0.15, -0.1) is 0 Å². The molecular weight excluding hydrogens is 184 g/mol. The number of cyclic esters (lactones) is 1. The molecule has 2 N–H and O–H groups in total. The van der Waals surface area contributed by atoms with Gasteiger partial charge in [-0.25, -0.2) is 4.79 Å². The van der Waals surface area contributed by atoms with Crippen molar-refractivity contribution in [2.24, 2.45) is 0 Å². The molecule has 74 valence electrons. The van der Waals surface area contributed by atoms with Crippen molar-refractivity contribution in [2.45, 2.75) is 19.1 Å². The number of aryl methyl sites for hydroxylation is 1. The maximum Gasteiger partial charge on any atom is 0.398 e. The van der Waals surface area contributed by atoms with Crippen LogP contribution < -0.4 is 5.32 Å². The lowest BCUT2D eigenvalue weighted by atomic mass is 10.2. The Kier molecular flexibility index (Phi) is 2.22. The van der Waals surface area contributed by atoms with Gasteiger partial charge >= 0.3 is 11.9 Å². The minimum Gasteiger partial charge on any atom is -0.435 e. The zero-order valence-corrected chi connectivity index (χ0v) is 7.45. The van der Waals surface area contributed by atoms with Crippen LogP contribution in [0.3, 0.4) is 0 Å². The Balaban J connectivity index is 1.83. The Morgan fingerprint density at radius 1 is 1.43 bits per heavy atom. The molecule has 1 unspecified atom stereocenters. The number of rotatable bonds is 3. The van der Waals surface area contributed by atoms with Crippen molar-refractivity contribution in [3.05, 3.63) is 24.0 Å². The topological polar surface area (TPSA) is 71.2 Å². The molecule has 1 fully saturated rings. The maximum atomic E-state index is 10.8. The number of nitrogens with one attached hydrogen (secondary N) is 2. The van der Waals surface area contributed by atoms with E-state index in [0.29, 0.717) is 6.42 Å². The average molecular weight is 194 g/mol. The highest BCUT2D eigenvalue weighted by molar-refractivity contribution is 6.34. The van der Waals surface area contributed by atoms with E-state index in [1.165, 1.54) is 0 Å². The molecule has 1 saturated heterocycles. The Labute approximate surface area is 80.4 Å². The third-order valence-corrected chi connectivity index (χ3v) is 2.07. The molecule has 2 rings (SSSR count). The van der Waals surface area contributed by atoms with Crippen molar-refractivity contribution >= 4 is 11.9 Å². The van der Waals surface area contributed by atoms with E-state index in [-0.39, 0.29) is 0 Å². The van der Waals surface area contributed by atoms with Crippen LogP contribution in [0.15, 0.2) is 18.3 Å². The van der Waals surface area contributed by atoms with E-state index in [1.807, 2.05) is 18.3 Å². The number of ether oxygens (including phenoxy) is 1. The summed E-state index contributed by atoms with van der Waals surface area (Å²) in [7, 11) is 0. The minimum absolute atomic E-state index is 0.474. The highest BCUT2D eigenvalue weighted by Crippen LogP contribution is 2.07. The van der Waals surface area contributed by atoms with Crippen molar-refractivity contribution in [3.63, 3.8) is 0 Å². The van der Waals surface area contributed by atoms with Crippen molar-refractivity contribution in [3.8, 4) is 0 Å². The van der Waals surface area contributed by atoms with Crippen LogP contribution in [-0.4, -0.2) is 23.1 Å². The first-order valence-electron chi connectivity index (χ1n) is 4.39. The first-order valence-corrected chi connectivity index (χ1v) is 4.39. The molecule has 1 aromatic rings. The molecule has 1 aliphatic heterocycles. The number of carbonyl (C=O) groups is 2. The number of H-pyrrole nitrogens is 1. The number of hydrogen-bond acceptors (Lipinski definition) is 3. The Morgan fingerprint density at radius 2 is 2.29 bits per heavy atom. The van der Waals surface area contributed by atoms with Crippen molar-refractivity contribution in [1.82, 2.24) is 10.3 Å². The second-order valence-corrected chi connectivity index (χ2v) is 3.10. The van der Waals surface area contributed by atoms with E-state index >= 15 is 0 Å². The van der Waals surface area contributed by atoms with Gasteiger partial charge in [0.25, 0.3) is 0 Å². The molecule has 5 heteroatoms. The van der Waals surface area contributed by atoms with Gasteiger partial charge in [0.15, 0.2) is 6.23 Å². The predicted molar refractivity (Wildman–Crippen MR) is 47.1 cm³/mol. The Hall–Kier alpha value is -1.78. The zero-order chi connectivity index (χ0) is 9.97. The average Bonchev–Trinajstić information content (AvgIpc) is 2.74. The van der Waals surface area contributed by atoms with Gasteiger partial charge in [0.05, 0.1) is 0 Å². The van der Waals surface area contributed by atoms with Crippen molar-refractivity contribution < 1.29 is 14.3 Å². The van der Waals surface area contributed by atoms with E-state index in [4.69, 9.17) is 4.74 Å². The number of hydrogen-bond donors (Lipinski definition) is 2. The SMILES string of the molecule is O=C1NC(CCc2ccc[nH]2)OC1=O. The number of aromatic nitrogens is 1. The monoisotopic (exact) mass is 194 g/mol. The normalized spacial score (nSPS) is 20.7. The van der Waals surface area contributed by atoms with Gasteiger partial charge in [0.1, 0.15) is 0 Å². The molecule has 1 atom stereocenters. The highest BCUT2D eigenvalue weighted by Gasteiger charge is 2.30. The summed E-state index contributed by atoms with van der Waals surface area (Å²) in [5, 5.41) is 2.44. The van der Waals surface area contributed by atoms with Crippen LogP contribution in [0.1, 0.15) is 12.1 Å². The summed E-state index contributed by atoms with van der Waals surface area (Å²) in [6.45, 7) is 0. The highest BCUT2D eigenvalue weighted by atomic mass is 16.6. The van der Waals surface area contributed by atoms with Crippen LogP contribution >= 0.6 is 0 Å². The minimum atomic E-state index is -0.790. The summed E-state index contributed by atoms with van der Waals surface area (Å²) in [6.07, 6.45) is 2.69. The fraction of sp³-hybridized carbons (Fsp3) is 0.333. The van der Waals surface area contributed by atoms with Crippen LogP contribution in [-0.2, 0) is 20.7 Å². The van der Waals surface area contributed by atoms with Gasteiger partial charge in [-0.1, -0.05) is 0 Å². The molecular formula is C9H10N2O3. The summed E-state index contributed by atoms with van der Waals surface area (Å²) < 4.78 is 4.76. The molecule has 0 saturated carbocycles. The van der Waals surface area contributed by atoms with Crippen LogP contribution in [0.5, 0.6) is 0 Å². The van der Waals surface area contributed by atoms with Gasteiger partial charge in [-0.05, 0) is 18.6 Å². The second-order valence-electron chi connectivity index (χ2n) is 3.10. The molecule has 0 aliphatic carbocycles. The van der Waals surface area contributed by atoms with E-state index in [2.05, 4.69) is 10.3 Å². The van der Waals surface area contributed by atoms with Crippen molar-refractivity contribution in [2.75, 3.05) is 0 Å². The van der Waals surface area contributed by atoms with E-state index in [0.717, 1.165) is 12.1 Å². The lowest BCUT2D eigenvalue weighted by molar-refractivity contribution is -0.149. The molecule has 1 aromatic heterocycles. The van der Waals surface area contributed by atoms with Gasteiger partial charge in [-0.3, -0.25) is 4.79 Å². The molecule has 2 heterocycles. The van der Waals surface area contributed by atoms with Gasteiger partial charge in [-0.2, -0.15) is 0 Å². The van der Waals surface area contributed by atoms with Crippen LogP contribution in [0.2, 0.25) is 0 Å². The van der Waals surface area contributed by atoms with E-state index in [1.54, 1.807) is 0 Å². The van der Waals surface area contributed by atoms with Crippen LogP contribution in [0, 0.1) is 0 Å². The fourth-order valence-corrected chi connectivity index (χ4v) is 1.36. The second kappa shape index (κ2) is 3.53. The molecule has 0 spiro atoms.